The molecule has 0 aliphatic rings. The summed E-state index contributed by atoms with van der Waals surface area (Å²) in [5, 5.41) is 15.8. The molecule has 0 radical (unpaired) electrons. The van der Waals surface area contributed by atoms with E-state index in [0.29, 0.717) is 0 Å². The van der Waals surface area contributed by atoms with Crippen molar-refractivity contribution in [2.45, 2.75) is 13.0 Å². The van der Waals surface area contributed by atoms with Gasteiger partial charge in [0, 0.05) is 0 Å². The second kappa shape index (κ2) is 7.14. The summed E-state index contributed by atoms with van der Waals surface area (Å²) in [6.45, 7) is 1.20. The van der Waals surface area contributed by atoms with E-state index in [-0.39, 0.29) is 0 Å². The van der Waals surface area contributed by atoms with Crippen LogP contribution in [0, 0.1) is 0 Å². The first-order chi connectivity index (χ1) is 4.37. The zero-order valence-corrected chi connectivity index (χ0v) is 7.64. The number of carbonyl (C=O) groups is 1. The van der Waals surface area contributed by atoms with Crippen LogP contribution in [0.1, 0.15) is 6.92 Å². The van der Waals surface area contributed by atoms with Gasteiger partial charge in [0.05, 0.1) is 0 Å². The molecule has 6 nitrogen and oxygen atoms in total. The van der Waals surface area contributed by atoms with E-state index in [1.165, 1.54) is 6.92 Å². The van der Waals surface area contributed by atoms with Crippen LogP contribution >= 0.6 is 0 Å². The van der Waals surface area contributed by atoms with Gasteiger partial charge in [0.15, 0.2) is 0 Å². The van der Waals surface area contributed by atoms with Crippen molar-refractivity contribution in [2.24, 2.45) is 0 Å². The van der Waals surface area contributed by atoms with Gasteiger partial charge in [-0.05, 0) is 6.92 Å². The topological polar surface area (TPSA) is 115 Å². The number of aliphatic carboxylic acids is 1. The van der Waals surface area contributed by atoms with Crippen LogP contribution < -0.4 is 0 Å². The molecule has 7 heteroatoms. The Labute approximate surface area is 66.1 Å². The molecule has 0 rings (SSSR count). The van der Waals surface area contributed by atoms with Crippen molar-refractivity contribution in [1.82, 2.24) is 0 Å². The second-order valence-corrected chi connectivity index (χ2v) is 2.69. The van der Waals surface area contributed by atoms with Gasteiger partial charge in [0.1, 0.15) is 6.10 Å². The molecule has 0 bridgehead atoms. The van der Waals surface area contributed by atoms with Gasteiger partial charge in [0.2, 0.25) is 0 Å². The minimum atomic E-state index is -3.79. The Hall–Kier alpha value is 0.0331. The third-order valence-corrected chi connectivity index (χ3v) is 0.357. The zero-order valence-electron chi connectivity index (χ0n) is 5.18. The Morgan fingerprint density at radius 2 is 1.60 bits per heavy atom. The molecular formula is C3H8O6Zr. The SMILES string of the molecule is CC(O)C(=O)O.[O]=[Zr]([OH])[OH]. The number of carboxylic acids is 1. The predicted molar refractivity (Wildman–Crippen MR) is 24.4 cm³/mol. The molecule has 4 N–H and O–H groups in total. The Kier molecular flexibility index (Phi) is 9.06. The van der Waals surface area contributed by atoms with Gasteiger partial charge in [-0.1, -0.05) is 0 Å². The number of rotatable bonds is 1. The molecule has 0 aliphatic heterocycles. The van der Waals surface area contributed by atoms with Crippen LogP contribution in [0.2, 0.25) is 0 Å². The van der Waals surface area contributed by atoms with E-state index in [0.717, 1.165) is 0 Å². The Balaban J connectivity index is 0. The van der Waals surface area contributed by atoms with Crippen molar-refractivity contribution < 1.29 is 46.8 Å². The van der Waals surface area contributed by atoms with E-state index >= 15 is 0 Å². The van der Waals surface area contributed by atoms with Gasteiger partial charge < -0.3 is 10.2 Å². The van der Waals surface area contributed by atoms with Crippen LogP contribution in [0.4, 0.5) is 0 Å². The Morgan fingerprint density at radius 3 is 1.60 bits per heavy atom. The summed E-state index contributed by atoms with van der Waals surface area (Å²) in [4.78, 5) is 9.45. The Bertz CT molecular complexity index is 116. The summed E-state index contributed by atoms with van der Waals surface area (Å²) in [5.41, 5.74) is 0. The third-order valence-electron chi connectivity index (χ3n) is 0.357. The summed E-state index contributed by atoms with van der Waals surface area (Å²) in [5.74, 6) is -1.19. The molecule has 0 saturated heterocycles. The first-order valence-electron chi connectivity index (χ1n) is 2.20. The van der Waals surface area contributed by atoms with Crippen molar-refractivity contribution in [3.05, 3.63) is 0 Å². The van der Waals surface area contributed by atoms with Gasteiger partial charge in [-0.25, -0.2) is 4.79 Å². The average Bonchev–Trinajstić information content (AvgIpc) is 1.63. The van der Waals surface area contributed by atoms with Crippen LogP contribution in [-0.4, -0.2) is 28.7 Å². The van der Waals surface area contributed by atoms with Crippen LogP contribution in [0.3, 0.4) is 0 Å². The van der Waals surface area contributed by atoms with Gasteiger partial charge in [-0.2, -0.15) is 0 Å². The molecule has 1 unspecified atom stereocenters. The second-order valence-electron chi connectivity index (χ2n) is 1.30. The van der Waals surface area contributed by atoms with E-state index < -0.39 is 34.7 Å². The summed E-state index contributed by atoms with van der Waals surface area (Å²) in [6, 6.07) is 0. The molecule has 0 fully saturated rings. The molecule has 1 atom stereocenters. The first kappa shape index (κ1) is 12.7. The van der Waals surface area contributed by atoms with Crippen LogP contribution in [-0.2, 0) is 30.2 Å². The molecule has 0 aliphatic carbocycles. The normalized spacial score (nSPS) is 10.8. The van der Waals surface area contributed by atoms with E-state index in [4.69, 9.17) is 19.4 Å². The maximum absolute atomic E-state index is 9.45. The third kappa shape index (κ3) is 24.4. The van der Waals surface area contributed by atoms with E-state index in [1.54, 1.807) is 0 Å². The Morgan fingerprint density at radius 1 is 1.50 bits per heavy atom. The summed E-state index contributed by atoms with van der Waals surface area (Å²) in [6.07, 6.45) is -1.23. The number of hydrogen-bond acceptors (Lipinski definition) is 3. The molecule has 0 aromatic carbocycles. The van der Waals surface area contributed by atoms with Gasteiger partial charge in [-0.3, -0.25) is 0 Å². The minimum absolute atomic E-state index is 1.19. The fraction of sp³-hybridized carbons (Fsp3) is 0.667. The summed E-state index contributed by atoms with van der Waals surface area (Å²) in [7, 11) is 0. The maximum atomic E-state index is 9.45. The van der Waals surface area contributed by atoms with Crippen molar-refractivity contribution in [3.63, 3.8) is 0 Å². The number of hydrogen-bond donors (Lipinski definition) is 4. The van der Waals surface area contributed by atoms with E-state index in [9.17, 15) is 4.79 Å². The molecule has 10 heavy (non-hydrogen) atoms. The molecule has 0 aromatic rings. The fourth-order valence-corrected chi connectivity index (χ4v) is 0. The fourth-order valence-electron chi connectivity index (χ4n) is 0. The van der Waals surface area contributed by atoms with Gasteiger partial charge >= 0.3 is 37.8 Å². The molecule has 0 amide bonds. The molecule has 0 heterocycles. The van der Waals surface area contributed by atoms with E-state index in [2.05, 4.69) is 0 Å². The number of carboxylic acid groups (broad SMARTS) is 1. The predicted octanol–water partition coefficient (Wildman–Crippen LogP) is -1.78. The van der Waals surface area contributed by atoms with E-state index in [1.807, 2.05) is 0 Å². The molecule has 0 saturated carbocycles. The van der Waals surface area contributed by atoms with Crippen molar-refractivity contribution >= 4 is 5.97 Å². The monoisotopic (exact) mass is 230 g/mol. The molecule has 0 spiro atoms. The zero-order chi connectivity index (χ0) is 8.73. The summed E-state index contributed by atoms with van der Waals surface area (Å²) >= 11 is -3.79. The van der Waals surface area contributed by atoms with Crippen LogP contribution in [0.15, 0.2) is 0 Å². The van der Waals surface area contributed by atoms with Gasteiger partial charge in [-0.15, -0.1) is 0 Å². The number of aliphatic hydroxyl groups is 1. The standard InChI is InChI=1S/C3H6O3.2H2O.O.Zr/c1-2(4)3(5)6;;;;/h2,4H,1H3,(H,5,6);2*1H2;;/q;;;;+2/p-2. The quantitative estimate of drug-likeness (QED) is 0.424. The van der Waals surface area contributed by atoms with Crippen molar-refractivity contribution in [1.29, 1.82) is 0 Å². The molecule has 0 aromatic heterocycles. The van der Waals surface area contributed by atoms with Crippen molar-refractivity contribution in [3.8, 4) is 0 Å². The number of aliphatic hydroxyl groups excluding tert-OH is 1. The molecular weight excluding hydrogens is 223 g/mol. The van der Waals surface area contributed by atoms with Gasteiger partial charge in [0.25, 0.3) is 0 Å². The average molecular weight is 231 g/mol. The first-order valence-corrected chi connectivity index (χ1v) is 5.41. The summed E-state index contributed by atoms with van der Waals surface area (Å²) < 4.78 is 23.3. The molecule has 60 valence electrons. The van der Waals surface area contributed by atoms with Crippen LogP contribution in [0.25, 0.3) is 0 Å². The van der Waals surface area contributed by atoms with Crippen LogP contribution in [0.5, 0.6) is 0 Å². The van der Waals surface area contributed by atoms with Crippen molar-refractivity contribution in [2.75, 3.05) is 0 Å².